The topological polar surface area (TPSA) is 95.0 Å². The van der Waals surface area contributed by atoms with Crippen molar-refractivity contribution in [3.63, 3.8) is 0 Å². The number of carbonyl (C=O) groups is 4. The van der Waals surface area contributed by atoms with Crippen molar-refractivity contribution in [1.82, 2.24) is 0 Å². The van der Waals surface area contributed by atoms with Crippen molar-refractivity contribution in [1.29, 1.82) is 0 Å². The minimum Gasteiger partial charge on any atom is -0.508 e. The molecule has 3 aromatic carbocycles. The summed E-state index contributed by atoms with van der Waals surface area (Å²) >= 11 is 17.5. The standard InChI is InChI=1S/C34H20BrCl2F5N2O5/c1-2-13-3-6-15(7-4-13)43-29(46)17-9-8-16-19(21(17)30(43)47)12-33(36)31(48)44(28-26(41)24(39)23(38)25(40)27(28)42)32(49)34(33,37)22(16)18-11-14(35)5-10-20(18)45/h2-8,10-11,17,19,21-22,45H,1,9,12H2. The van der Waals surface area contributed by atoms with Gasteiger partial charge < -0.3 is 5.11 Å². The van der Waals surface area contributed by atoms with E-state index >= 15 is 8.78 Å². The van der Waals surface area contributed by atoms with Crippen molar-refractivity contribution in [3.8, 4) is 5.75 Å². The second-order valence-electron chi connectivity index (χ2n) is 12.2. The number of hydrogen-bond donors (Lipinski definition) is 1. The van der Waals surface area contributed by atoms with Crippen LogP contribution < -0.4 is 9.80 Å². The number of allylic oxidation sites excluding steroid dienone is 2. The molecule has 2 aliphatic carbocycles. The third-order valence-corrected chi connectivity index (χ3v) is 11.8. The van der Waals surface area contributed by atoms with E-state index in [0.717, 1.165) is 10.5 Å². The Labute approximate surface area is 292 Å². The third kappa shape index (κ3) is 4.31. The number of amides is 4. The number of benzene rings is 3. The summed E-state index contributed by atoms with van der Waals surface area (Å²) < 4.78 is 73.5. The Hall–Kier alpha value is -4.07. The zero-order valence-electron chi connectivity index (χ0n) is 24.6. The van der Waals surface area contributed by atoms with E-state index in [1.54, 1.807) is 36.4 Å². The van der Waals surface area contributed by atoms with Crippen LogP contribution in [0.15, 0.2) is 65.2 Å². The highest BCUT2D eigenvalue weighted by atomic mass is 79.9. The second kappa shape index (κ2) is 11.2. The Morgan fingerprint density at radius 1 is 0.837 bits per heavy atom. The average Bonchev–Trinajstić information content (AvgIpc) is 3.42. The van der Waals surface area contributed by atoms with Gasteiger partial charge >= 0.3 is 0 Å². The van der Waals surface area contributed by atoms with Gasteiger partial charge in [-0.2, -0.15) is 0 Å². The number of fused-ring (bicyclic) bond motifs is 4. The normalized spacial score (nSPS) is 29.2. The second-order valence-corrected chi connectivity index (χ2v) is 14.4. The molecule has 7 rings (SSSR count). The van der Waals surface area contributed by atoms with Crippen molar-refractivity contribution < 1.29 is 46.2 Å². The van der Waals surface area contributed by atoms with Gasteiger partial charge in [-0.05, 0) is 54.7 Å². The molecule has 6 unspecified atom stereocenters. The molecule has 2 aliphatic heterocycles. The predicted molar refractivity (Wildman–Crippen MR) is 171 cm³/mol. The van der Waals surface area contributed by atoms with Crippen molar-refractivity contribution in [3.05, 3.63) is 105 Å². The summed E-state index contributed by atoms with van der Waals surface area (Å²) in [4.78, 5) is 51.8. The largest absolute Gasteiger partial charge is 0.508 e. The fourth-order valence-corrected chi connectivity index (χ4v) is 8.99. The molecule has 0 bridgehead atoms. The summed E-state index contributed by atoms with van der Waals surface area (Å²) in [6.07, 6.45) is 2.42. The van der Waals surface area contributed by atoms with E-state index in [-0.39, 0.29) is 28.1 Å². The van der Waals surface area contributed by atoms with Crippen molar-refractivity contribution in [2.45, 2.75) is 28.5 Å². The first kappa shape index (κ1) is 33.4. The van der Waals surface area contributed by atoms with Gasteiger partial charge in [-0.1, -0.05) is 52.4 Å². The zero-order valence-corrected chi connectivity index (χ0v) is 27.7. The minimum absolute atomic E-state index is 0.0423. The Bertz CT molecular complexity index is 2070. The van der Waals surface area contributed by atoms with Gasteiger partial charge in [-0.15, -0.1) is 23.2 Å². The lowest BCUT2D eigenvalue weighted by Gasteiger charge is -2.50. The SMILES string of the molecule is C=Cc1ccc(N2C(=O)C3CC=C4C(CC5(Cl)C(=O)N(c6c(F)c(F)c(F)c(F)c6F)C(=O)C5(Cl)C4c4cc(Br)ccc4O)C3C2=O)cc1. The van der Waals surface area contributed by atoms with Gasteiger partial charge in [0.2, 0.25) is 17.6 Å². The fraction of sp³-hybridized carbons (Fsp3) is 0.235. The van der Waals surface area contributed by atoms with Crippen LogP contribution in [0.1, 0.15) is 29.9 Å². The van der Waals surface area contributed by atoms with E-state index in [0.29, 0.717) is 4.47 Å². The number of imide groups is 2. The summed E-state index contributed by atoms with van der Waals surface area (Å²) in [6.45, 7) is 3.68. The van der Waals surface area contributed by atoms with Crippen LogP contribution in [0, 0.1) is 46.8 Å². The number of aromatic hydroxyl groups is 1. The molecule has 15 heteroatoms. The third-order valence-electron chi connectivity index (χ3n) is 9.91. The van der Waals surface area contributed by atoms with Crippen LogP contribution in [-0.4, -0.2) is 38.5 Å². The molecule has 0 spiro atoms. The van der Waals surface area contributed by atoms with E-state index in [2.05, 4.69) is 22.5 Å². The van der Waals surface area contributed by atoms with Crippen molar-refractivity contribution in [2.75, 3.05) is 9.80 Å². The first-order valence-electron chi connectivity index (χ1n) is 14.7. The van der Waals surface area contributed by atoms with Gasteiger partial charge in [-0.25, -0.2) is 26.9 Å². The van der Waals surface area contributed by atoms with E-state index in [1.807, 2.05) is 0 Å². The summed E-state index contributed by atoms with van der Waals surface area (Å²) in [5, 5.41) is 11.1. The summed E-state index contributed by atoms with van der Waals surface area (Å²) in [6, 6.07) is 10.4. The molecule has 6 atom stereocenters. The molecular formula is C34H20BrCl2F5N2O5. The molecule has 2 saturated heterocycles. The number of rotatable bonds is 4. The van der Waals surface area contributed by atoms with Crippen LogP contribution in [0.5, 0.6) is 5.75 Å². The van der Waals surface area contributed by atoms with Gasteiger partial charge in [0.1, 0.15) is 11.4 Å². The molecule has 252 valence electrons. The highest BCUT2D eigenvalue weighted by Gasteiger charge is 2.77. The molecule has 2 heterocycles. The quantitative estimate of drug-likeness (QED) is 0.0752. The molecule has 1 N–H and O–H groups in total. The maximum absolute atomic E-state index is 15.2. The highest BCUT2D eigenvalue weighted by molar-refractivity contribution is 9.10. The zero-order chi connectivity index (χ0) is 35.5. The smallest absolute Gasteiger partial charge is 0.258 e. The minimum atomic E-state index is -2.74. The van der Waals surface area contributed by atoms with Crippen LogP contribution in [-0.2, 0) is 19.2 Å². The van der Waals surface area contributed by atoms with Gasteiger partial charge in [0.05, 0.1) is 17.5 Å². The van der Waals surface area contributed by atoms with Crippen LogP contribution in [0.4, 0.5) is 33.3 Å². The molecule has 1 saturated carbocycles. The average molecular weight is 782 g/mol. The van der Waals surface area contributed by atoms with Gasteiger partial charge in [0, 0.05) is 16.0 Å². The van der Waals surface area contributed by atoms with E-state index < -0.39 is 104 Å². The Morgan fingerprint density at radius 3 is 2.06 bits per heavy atom. The molecular weight excluding hydrogens is 762 g/mol. The van der Waals surface area contributed by atoms with Gasteiger partial charge in [0.15, 0.2) is 33.0 Å². The molecule has 0 radical (unpaired) electrons. The van der Waals surface area contributed by atoms with Crippen LogP contribution in [0.25, 0.3) is 6.08 Å². The van der Waals surface area contributed by atoms with Crippen LogP contribution in [0.3, 0.4) is 0 Å². The number of nitrogens with zero attached hydrogens (tertiary/aromatic N) is 2. The number of carbonyl (C=O) groups excluding carboxylic acids is 4. The Morgan fingerprint density at radius 2 is 1.45 bits per heavy atom. The lowest BCUT2D eigenvalue weighted by atomic mass is 9.56. The van der Waals surface area contributed by atoms with Crippen molar-refractivity contribution in [2.24, 2.45) is 17.8 Å². The first-order chi connectivity index (χ1) is 23.1. The highest BCUT2D eigenvalue weighted by Crippen LogP contribution is 2.67. The number of phenols is 1. The number of anilines is 2. The predicted octanol–water partition coefficient (Wildman–Crippen LogP) is 7.26. The first-order valence-corrected chi connectivity index (χ1v) is 16.2. The molecule has 7 nitrogen and oxygen atoms in total. The Balaban J connectivity index is 1.43. The summed E-state index contributed by atoms with van der Waals surface area (Å²) in [7, 11) is 0. The molecule has 3 fully saturated rings. The number of hydrogen-bond acceptors (Lipinski definition) is 5. The van der Waals surface area contributed by atoms with Crippen LogP contribution in [0.2, 0.25) is 0 Å². The summed E-state index contributed by atoms with van der Waals surface area (Å²) in [5.41, 5.74) is -0.790. The lowest BCUT2D eigenvalue weighted by Crippen LogP contribution is -2.60. The molecule has 0 aromatic heterocycles. The van der Waals surface area contributed by atoms with E-state index in [9.17, 15) is 37.5 Å². The number of halogens is 8. The monoisotopic (exact) mass is 780 g/mol. The maximum Gasteiger partial charge on any atom is 0.258 e. The molecule has 4 amide bonds. The molecule has 3 aromatic rings. The number of phenolic OH excluding ortho intramolecular Hbond substituents is 1. The van der Waals surface area contributed by atoms with Crippen LogP contribution >= 0.6 is 39.1 Å². The molecule has 4 aliphatic rings. The molecule has 49 heavy (non-hydrogen) atoms. The maximum atomic E-state index is 15.2. The fourth-order valence-electron chi connectivity index (χ4n) is 7.68. The summed E-state index contributed by atoms with van der Waals surface area (Å²) in [5.74, 6) is -22.1. The van der Waals surface area contributed by atoms with Gasteiger partial charge in [-0.3, -0.25) is 24.1 Å². The van der Waals surface area contributed by atoms with Gasteiger partial charge in [0.25, 0.3) is 11.8 Å². The lowest BCUT2D eigenvalue weighted by molar-refractivity contribution is -0.125. The number of alkyl halides is 2. The van der Waals surface area contributed by atoms with Crippen molar-refractivity contribution >= 4 is 80.2 Å². The van der Waals surface area contributed by atoms with E-state index in [1.165, 1.54) is 18.2 Å². The van der Waals surface area contributed by atoms with E-state index in [4.69, 9.17) is 23.2 Å². The Kier molecular flexibility index (Phi) is 7.66.